The molecule has 0 aromatic rings. The minimum atomic E-state index is 0. The fraction of sp³-hybridized carbons (Fsp3) is 0. The third-order valence-corrected chi connectivity index (χ3v) is 0. The lowest BCUT2D eigenvalue weighted by atomic mass is 16.0. The first-order valence-corrected chi connectivity index (χ1v) is 0. The minimum Gasteiger partial charge on any atom is -0.412 e. The number of hydrogen-bond donors (Lipinski definition) is 0. The zero-order chi connectivity index (χ0) is 0. The van der Waals surface area contributed by atoms with Crippen molar-refractivity contribution in [3.05, 3.63) is 0 Å². The summed E-state index contributed by atoms with van der Waals surface area (Å²) in [6, 6.07) is 0. The van der Waals surface area contributed by atoms with Crippen molar-refractivity contribution >= 4 is 48.0 Å². The largest absolute Gasteiger partial charge is 0.412 e. The van der Waals surface area contributed by atoms with Crippen molar-refractivity contribution in [3.63, 3.8) is 0 Å². The maximum Gasteiger partial charge on any atom is -0.107 e. The summed E-state index contributed by atoms with van der Waals surface area (Å²) in [4.78, 5) is 0. The number of halogens is 2. The SMILES string of the molecule is I.I.O.O. The van der Waals surface area contributed by atoms with Gasteiger partial charge in [-0.1, -0.05) is 0 Å². The van der Waals surface area contributed by atoms with Gasteiger partial charge in [0.15, 0.2) is 0 Å². The second-order valence-corrected chi connectivity index (χ2v) is 0. The van der Waals surface area contributed by atoms with E-state index in [9.17, 15) is 0 Å². The molecule has 0 aromatic heterocycles. The van der Waals surface area contributed by atoms with Crippen LogP contribution in [0.15, 0.2) is 0 Å². The lowest BCUT2D eigenvalue weighted by Crippen LogP contribution is -0.290. The normalized spacial score (nSPS) is 0. The van der Waals surface area contributed by atoms with E-state index in [0.29, 0.717) is 0 Å². The van der Waals surface area contributed by atoms with Crippen molar-refractivity contribution in [1.29, 1.82) is 0 Å². The molecule has 4 heavy (non-hydrogen) atoms. The maximum absolute atomic E-state index is 0. The van der Waals surface area contributed by atoms with Gasteiger partial charge in [-0.05, 0) is 0 Å². The molecule has 0 heterocycles. The van der Waals surface area contributed by atoms with E-state index in [4.69, 9.17) is 0 Å². The van der Waals surface area contributed by atoms with E-state index in [2.05, 4.69) is 0 Å². The Morgan fingerprint density at radius 1 is 0.500 bits per heavy atom. The molecule has 0 rings (SSSR count). The first-order chi connectivity index (χ1) is 0. The van der Waals surface area contributed by atoms with Crippen LogP contribution in [0.1, 0.15) is 0 Å². The summed E-state index contributed by atoms with van der Waals surface area (Å²) in [6.07, 6.45) is 0. The van der Waals surface area contributed by atoms with Crippen LogP contribution in [0.3, 0.4) is 0 Å². The van der Waals surface area contributed by atoms with Gasteiger partial charge >= 0.3 is 0 Å². The maximum atomic E-state index is 0. The molecule has 0 spiro atoms. The lowest BCUT2D eigenvalue weighted by Gasteiger charge is -0.413. The van der Waals surface area contributed by atoms with E-state index in [1.807, 2.05) is 0 Å². The Hall–Kier alpha value is 1.38. The summed E-state index contributed by atoms with van der Waals surface area (Å²) in [5.74, 6) is 0. The molecule has 0 aliphatic rings. The van der Waals surface area contributed by atoms with Crippen molar-refractivity contribution in [2.75, 3.05) is 0 Å². The first-order valence-electron chi connectivity index (χ1n) is 0. The van der Waals surface area contributed by atoms with Crippen LogP contribution in [-0.4, -0.2) is 11.0 Å². The van der Waals surface area contributed by atoms with Gasteiger partial charge in [-0.25, -0.2) is 0 Å². The van der Waals surface area contributed by atoms with Crippen molar-refractivity contribution in [1.82, 2.24) is 0 Å². The molecule has 0 aliphatic heterocycles. The number of rotatable bonds is 0. The van der Waals surface area contributed by atoms with Crippen molar-refractivity contribution in [3.8, 4) is 0 Å². The summed E-state index contributed by atoms with van der Waals surface area (Å²) in [5.41, 5.74) is 0. The Balaban J connectivity index is 0. The van der Waals surface area contributed by atoms with E-state index in [1.165, 1.54) is 0 Å². The summed E-state index contributed by atoms with van der Waals surface area (Å²) in [6.45, 7) is 0. The predicted octanol–water partition coefficient (Wildman–Crippen LogP) is -0.413. The van der Waals surface area contributed by atoms with Crippen LogP contribution in [0.2, 0.25) is 0 Å². The van der Waals surface area contributed by atoms with E-state index >= 15 is 0 Å². The molecule has 0 saturated heterocycles. The molecule has 0 bridgehead atoms. The van der Waals surface area contributed by atoms with Crippen LogP contribution in [-0.2, 0) is 0 Å². The van der Waals surface area contributed by atoms with Crippen molar-refractivity contribution < 1.29 is 11.0 Å². The molecular formula is H6I2O2. The third kappa shape index (κ3) is 10.1. The average Bonchev–Trinajstić information content (AvgIpc) is 0. The Bertz CT molecular complexity index is 4.00. The van der Waals surface area contributed by atoms with E-state index in [0.717, 1.165) is 0 Å². The Labute approximate surface area is 58.6 Å². The average molecular weight is 292 g/mol. The Morgan fingerprint density at radius 2 is 0.500 bits per heavy atom. The van der Waals surface area contributed by atoms with E-state index in [-0.39, 0.29) is 58.9 Å². The molecule has 0 amide bonds. The fourth-order valence-corrected chi connectivity index (χ4v) is 0. The van der Waals surface area contributed by atoms with E-state index < -0.39 is 0 Å². The monoisotopic (exact) mass is 292 g/mol. The van der Waals surface area contributed by atoms with Gasteiger partial charge in [0.1, 0.15) is 0 Å². The lowest BCUT2D eigenvalue weighted by molar-refractivity contribution is 0.823. The summed E-state index contributed by atoms with van der Waals surface area (Å²) in [7, 11) is 0. The quantitative estimate of drug-likeness (QED) is 0.545. The molecular weight excluding hydrogens is 286 g/mol. The first kappa shape index (κ1) is 54.2. The van der Waals surface area contributed by atoms with Gasteiger partial charge in [0.05, 0.1) is 0 Å². The van der Waals surface area contributed by atoms with Crippen LogP contribution in [0.4, 0.5) is 0 Å². The second kappa shape index (κ2) is 26.3. The van der Waals surface area contributed by atoms with Crippen molar-refractivity contribution in [2.24, 2.45) is 0 Å². The predicted molar refractivity (Wildman–Crippen MR) is 38.1 cm³/mol. The minimum absolute atomic E-state index is 0. The molecule has 0 atom stereocenters. The molecule has 4 heteroatoms. The van der Waals surface area contributed by atoms with Gasteiger partial charge in [0.25, 0.3) is 0 Å². The van der Waals surface area contributed by atoms with Crippen LogP contribution >= 0.6 is 48.0 Å². The van der Waals surface area contributed by atoms with E-state index in [1.54, 1.807) is 0 Å². The standard InChI is InChI=1S/2HI.2H2O/h2*1H;2*1H2. The van der Waals surface area contributed by atoms with Gasteiger partial charge in [-0.15, -0.1) is 48.0 Å². The van der Waals surface area contributed by atoms with Gasteiger partial charge in [0, 0.05) is 0 Å². The highest BCUT2D eigenvalue weighted by Gasteiger charge is -0.106. The van der Waals surface area contributed by atoms with Gasteiger partial charge in [-0.3, -0.25) is 0 Å². The summed E-state index contributed by atoms with van der Waals surface area (Å²) in [5, 5.41) is 0. The van der Waals surface area contributed by atoms with Gasteiger partial charge in [0.2, 0.25) is 0 Å². The zero-order valence-corrected chi connectivity index (χ0v) is 6.48. The fourth-order valence-electron chi connectivity index (χ4n) is 0. The summed E-state index contributed by atoms with van der Waals surface area (Å²) >= 11 is 0. The van der Waals surface area contributed by atoms with Gasteiger partial charge in [-0.2, -0.15) is 0 Å². The zero-order valence-electron chi connectivity index (χ0n) is 1.82. The molecule has 0 aliphatic carbocycles. The van der Waals surface area contributed by atoms with Crippen LogP contribution in [0, 0.1) is 0 Å². The van der Waals surface area contributed by atoms with Crippen LogP contribution in [0.5, 0.6) is 0 Å². The molecule has 0 unspecified atom stereocenters. The molecule has 0 saturated carbocycles. The van der Waals surface area contributed by atoms with Gasteiger partial charge < -0.3 is 11.0 Å². The second-order valence-electron chi connectivity index (χ2n) is 0. The highest BCUT2D eigenvalue weighted by Crippen LogP contribution is 0.887. The topological polar surface area (TPSA) is 63.0 Å². The molecule has 32 valence electrons. The molecule has 0 radical (unpaired) electrons. The summed E-state index contributed by atoms with van der Waals surface area (Å²) < 4.78 is 0. The highest BCUT2D eigenvalue weighted by atomic mass is 127. The number of hydrogen-bond acceptors (Lipinski definition) is 0. The van der Waals surface area contributed by atoms with Crippen LogP contribution < -0.4 is 0 Å². The van der Waals surface area contributed by atoms with Crippen molar-refractivity contribution in [2.45, 2.75) is 0 Å². The Kier molecular flexibility index (Phi) is 356. The third-order valence-electron chi connectivity index (χ3n) is 0. The molecule has 0 fully saturated rings. The smallest absolute Gasteiger partial charge is 0.107 e. The Morgan fingerprint density at radius 3 is 0.500 bits per heavy atom. The highest BCUT2D eigenvalue weighted by molar-refractivity contribution is 14.0. The molecule has 2 nitrogen and oxygen atoms in total. The van der Waals surface area contributed by atoms with Crippen LogP contribution in [0.25, 0.3) is 0 Å². The molecule has 0 aromatic carbocycles. The molecule has 4 N–H and O–H groups in total.